The van der Waals surface area contributed by atoms with Gasteiger partial charge in [0.2, 0.25) is 0 Å². The maximum Gasteiger partial charge on any atom is 0.106 e. The van der Waals surface area contributed by atoms with E-state index in [9.17, 15) is 0 Å². The fraction of sp³-hybridized carbons (Fsp3) is 0.385. The van der Waals surface area contributed by atoms with Crippen molar-refractivity contribution in [3.8, 4) is 0 Å². The number of halogens is 1. The van der Waals surface area contributed by atoms with Crippen LogP contribution in [-0.2, 0) is 11.8 Å². The van der Waals surface area contributed by atoms with Gasteiger partial charge in [-0.1, -0.05) is 11.6 Å². The van der Waals surface area contributed by atoms with E-state index in [-0.39, 0.29) is 12.1 Å². The van der Waals surface area contributed by atoms with Crippen LogP contribution < -0.4 is 5.32 Å². The number of pyridine rings is 1. The quantitative estimate of drug-likeness (QED) is 0.937. The lowest BCUT2D eigenvalue weighted by Crippen LogP contribution is -2.23. The second-order valence-electron chi connectivity index (χ2n) is 4.63. The van der Waals surface area contributed by atoms with Gasteiger partial charge in [0, 0.05) is 37.8 Å². The molecule has 0 radical (unpaired) electrons. The van der Waals surface area contributed by atoms with Gasteiger partial charge >= 0.3 is 0 Å². The van der Waals surface area contributed by atoms with E-state index in [1.807, 2.05) is 25.5 Å². The van der Waals surface area contributed by atoms with E-state index >= 15 is 0 Å². The molecule has 1 saturated heterocycles. The van der Waals surface area contributed by atoms with Crippen molar-refractivity contribution in [3.63, 3.8) is 0 Å². The Hall–Kier alpha value is -1.59. The average Bonchev–Trinajstić information content (AvgIpc) is 3.01. The lowest BCUT2D eigenvalue weighted by Gasteiger charge is -2.20. The van der Waals surface area contributed by atoms with E-state index in [1.165, 1.54) is 0 Å². The maximum absolute atomic E-state index is 6.12. The Morgan fingerprint density at radius 2 is 2.37 bits per heavy atom. The van der Waals surface area contributed by atoms with Crippen LogP contribution in [-0.4, -0.2) is 27.4 Å². The molecule has 0 aliphatic carbocycles. The van der Waals surface area contributed by atoms with E-state index in [1.54, 1.807) is 17.1 Å². The van der Waals surface area contributed by atoms with Gasteiger partial charge < -0.3 is 10.1 Å². The largest absolute Gasteiger partial charge is 0.378 e. The average molecular weight is 279 g/mol. The number of aryl methyl sites for hydroxylation is 1. The third kappa shape index (κ3) is 2.57. The third-order valence-electron chi connectivity index (χ3n) is 3.26. The zero-order valence-electron chi connectivity index (χ0n) is 10.6. The van der Waals surface area contributed by atoms with E-state index in [0.717, 1.165) is 24.3 Å². The van der Waals surface area contributed by atoms with E-state index < -0.39 is 0 Å². The highest BCUT2D eigenvalue weighted by molar-refractivity contribution is 6.33. The molecule has 0 spiro atoms. The predicted octanol–water partition coefficient (Wildman–Crippen LogP) is 2.41. The number of hydrogen-bond acceptors (Lipinski definition) is 4. The molecule has 1 aliphatic heterocycles. The Morgan fingerprint density at radius 3 is 3.11 bits per heavy atom. The molecule has 2 atom stereocenters. The minimum Gasteiger partial charge on any atom is -0.378 e. The van der Waals surface area contributed by atoms with Crippen LogP contribution in [0.4, 0.5) is 5.69 Å². The highest BCUT2D eigenvalue weighted by Gasteiger charge is 2.30. The third-order valence-corrected chi connectivity index (χ3v) is 3.56. The molecule has 2 aromatic heterocycles. The van der Waals surface area contributed by atoms with Crippen LogP contribution in [0.15, 0.2) is 30.9 Å². The summed E-state index contributed by atoms with van der Waals surface area (Å²) in [7, 11) is 1.90. The lowest BCUT2D eigenvalue weighted by molar-refractivity contribution is 0.107. The first-order valence-corrected chi connectivity index (χ1v) is 6.58. The molecule has 1 aliphatic rings. The molecule has 19 heavy (non-hydrogen) atoms. The van der Waals surface area contributed by atoms with Crippen molar-refractivity contribution in [2.45, 2.75) is 18.6 Å². The highest BCUT2D eigenvalue weighted by atomic mass is 35.5. The molecule has 2 aromatic rings. The van der Waals surface area contributed by atoms with Gasteiger partial charge in [-0.25, -0.2) is 0 Å². The van der Waals surface area contributed by atoms with Crippen molar-refractivity contribution in [1.82, 2.24) is 14.8 Å². The van der Waals surface area contributed by atoms with Crippen molar-refractivity contribution in [2.24, 2.45) is 7.05 Å². The van der Waals surface area contributed by atoms with Gasteiger partial charge in [0.1, 0.15) is 6.10 Å². The SMILES string of the molecule is Cn1cc([C@H]2OCC[C@@H]2Nc2ccncc2Cl)cn1. The van der Waals surface area contributed by atoms with Gasteiger partial charge in [-0.05, 0) is 12.5 Å². The first-order chi connectivity index (χ1) is 9.24. The normalized spacial score (nSPS) is 22.6. The number of rotatable bonds is 3. The van der Waals surface area contributed by atoms with Crippen LogP contribution in [0.1, 0.15) is 18.1 Å². The number of ether oxygens (including phenoxy) is 1. The van der Waals surface area contributed by atoms with Crippen LogP contribution in [0.5, 0.6) is 0 Å². The predicted molar refractivity (Wildman–Crippen MR) is 73.2 cm³/mol. The molecule has 5 nitrogen and oxygen atoms in total. The highest BCUT2D eigenvalue weighted by Crippen LogP contribution is 2.32. The summed E-state index contributed by atoms with van der Waals surface area (Å²) in [6.07, 6.45) is 8.15. The fourth-order valence-electron chi connectivity index (χ4n) is 2.34. The molecule has 0 amide bonds. The standard InChI is InChI=1S/C13H15ClN4O/c1-18-8-9(6-16-18)13-12(3-5-19-13)17-11-2-4-15-7-10(11)14/h2,4,6-8,12-13H,3,5H2,1H3,(H,15,17)/t12-,13+/m0/s1. The molecule has 1 N–H and O–H groups in total. The van der Waals surface area contributed by atoms with Gasteiger partial charge in [-0.2, -0.15) is 5.10 Å². The number of hydrogen-bond donors (Lipinski definition) is 1. The van der Waals surface area contributed by atoms with Crippen LogP contribution in [0.3, 0.4) is 0 Å². The second kappa shape index (κ2) is 5.19. The molecular weight excluding hydrogens is 264 g/mol. The molecule has 6 heteroatoms. The summed E-state index contributed by atoms with van der Waals surface area (Å²) in [6, 6.07) is 2.07. The van der Waals surface area contributed by atoms with Gasteiger partial charge in [-0.3, -0.25) is 9.67 Å². The summed E-state index contributed by atoms with van der Waals surface area (Å²) in [5.41, 5.74) is 1.98. The van der Waals surface area contributed by atoms with E-state index in [4.69, 9.17) is 16.3 Å². The fourth-order valence-corrected chi connectivity index (χ4v) is 2.52. The van der Waals surface area contributed by atoms with Crippen molar-refractivity contribution >= 4 is 17.3 Å². The lowest BCUT2D eigenvalue weighted by atomic mass is 10.1. The molecule has 0 unspecified atom stereocenters. The molecule has 0 saturated carbocycles. The number of anilines is 1. The molecule has 1 fully saturated rings. The van der Waals surface area contributed by atoms with Crippen molar-refractivity contribution in [3.05, 3.63) is 41.4 Å². The first-order valence-electron chi connectivity index (χ1n) is 6.20. The summed E-state index contributed by atoms with van der Waals surface area (Å²) < 4.78 is 7.59. The van der Waals surface area contributed by atoms with Crippen molar-refractivity contribution in [1.29, 1.82) is 0 Å². The maximum atomic E-state index is 6.12. The smallest absolute Gasteiger partial charge is 0.106 e. The summed E-state index contributed by atoms with van der Waals surface area (Å²) in [4.78, 5) is 3.98. The van der Waals surface area contributed by atoms with Gasteiger partial charge in [0.15, 0.2) is 0 Å². The Labute approximate surface area is 116 Å². The minimum atomic E-state index is 0.0120. The topological polar surface area (TPSA) is 52.0 Å². The van der Waals surface area contributed by atoms with Gasteiger partial charge in [0.05, 0.1) is 22.9 Å². The summed E-state index contributed by atoms with van der Waals surface area (Å²) >= 11 is 6.12. The molecule has 0 bridgehead atoms. The Morgan fingerprint density at radius 1 is 1.47 bits per heavy atom. The van der Waals surface area contributed by atoms with E-state index in [2.05, 4.69) is 15.4 Å². The Bertz CT molecular complexity index is 571. The molecule has 100 valence electrons. The Balaban J connectivity index is 1.79. The number of nitrogens with one attached hydrogen (secondary N) is 1. The molecule has 0 aromatic carbocycles. The van der Waals surface area contributed by atoms with Gasteiger partial charge in [0.25, 0.3) is 0 Å². The molecule has 3 heterocycles. The first kappa shape index (κ1) is 12.4. The number of aromatic nitrogens is 3. The zero-order chi connectivity index (χ0) is 13.2. The monoisotopic (exact) mass is 278 g/mol. The van der Waals surface area contributed by atoms with Crippen LogP contribution in [0.25, 0.3) is 0 Å². The molecular formula is C13H15ClN4O. The molecule has 3 rings (SSSR count). The van der Waals surface area contributed by atoms with E-state index in [0.29, 0.717) is 5.02 Å². The van der Waals surface area contributed by atoms with Crippen LogP contribution >= 0.6 is 11.6 Å². The Kier molecular flexibility index (Phi) is 3.40. The second-order valence-corrected chi connectivity index (χ2v) is 5.04. The number of nitrogens with zero attached hydrogens (tertiary/aromatic N) is 3. The summed E-state index contributed by atoms with van der Waals surface area (Å²) in [5.74, 6) is 0. The van der Waals surface area contributed by atoms with Crippen molar-refractivity contribution in [2.75, 3.05) is 11.9 Å². The van der Waals surface area contributed by atoms with Gasteiger partial charge in [-0.15, -0.1) is 0 Å². The summed E-state index contributed by atoms with van der Waals surface area (Å²) in [6.45, 7) is 0.736. The summed E-state index contributed by atoms with van der Waals surface area (Å²) in [5, 5.41) is 8.25. The minimum absolute atomic E-state index is 0.0120. The van der Waals surface area contributed by atoms with Crippen molar-refractivity contribution < 1.29 is 4.74 Å². The van der Waals surface area contributed by atoms with Crippen LogP contribution in [0, 0.1) is 0 Å². The van der Waals surface area contributed by atoms with Crippen LogP contribution in [0.2, 0.25) is 5.02 Å². The zero-order valence-corrected chi connectivity index (χ0v) is 11.3.